The molecule has 0 aliphatic heterocycles. The molecule has 0 saturated carbocycles. The first-order valence-electron chi connectivity index (χ1n) is 9.21. The van der Waals surface area contributed by atoms with E-state index in [2.05, 4.69) is 6.92 Å². The SMILES string of the molecule is CCCCCCCCCCCCCCCCCCP=S. The van der Waals surface area contributed by atoms with Crippen LogP contribution in [0.15, 0.2) is 0 Å². The van der Waals surface area contributed by atoms with Crippen LogP contribution in [0.25, 0.3) is 0 Å². The van der Waals surface area contributed by atoms with Crippen molar-refractivity contribution >= 4 is 19.2 Å². The van der Waals surface area contributed by atoms with Crippen LogP contribution in [0.3, 0.4) is 0 Å². The van der Waals surface area contributed by atoms with Gasteiger partial charge in [-0.15, -0.1) is 0 Å². The lowest BCUT2D eigenvalue weighted by Crippen LogP contribution is -1.83. The highest BCUT2D eigenvalue weighted by Crippen LogP contribution is 2.14. The Morgan fingerprint density at radius 3 is 1.10 bits per heavy atom. The number of unbranched alkanes of at least 4 members (excludes halogenated alkanes) is 15. The number of hydrogen-bond donors (Lipinski definition) is 0. The first kappa shape index (κ1) is 20.5. The zero-order valence-electron chi connectivity index (χ0n) is 13.9. The van der Waals surface area contributed by atoms with Crippen molar-refractivity contribution in [3.8, 4) is 0 Å². The Bertz CT molecular complexity index is 182. The Morgan fingerprint density at radius 2 is 0.800 bits per heavy atom. The first-order chi connectivity index (χ1) is 9.91. The topological polar surface area (TPSA) is 0 Å². The van der Waals surface area contributed by atoms with Gasteiger partial charge in [-0.2, -0.15) is 0 Å². The minimum atomic E-state index is 1.16. The van der Waals surface area contributed by atoms with E-state index in [-0.39, 0.29) is 0 Å². The zero-order valence-corrected chi connectivity index (χ0v) is 15.6. The van der Waals surface area contributed by atoms with E-state index in [0.717, 1.165) is 7.36 Å². The van der Waals surface area contributed by atoms with Gasteiger partial charge in [0.15, 0.2) is 0 Å². The monoisotopic (exact) mass is 316 g/mol. The third-order valence-electron chi connectivity index (χ3n) is 4.10. The molecule has 0 N–H and O–H groups in total. The average molecular weight is 317 g/mol. The molecular formula is C18H37PS. The molecule has 0 aliphatic rings. The lowest BCUT2D eigenvalue weighted by Gasteiger charge is -2.03. The van der Waals surface area contributed by atoms with Crippen molar-refractivity contribution in [2.75, 3.05) is 6.16 Å². The molecule has 0 unspecified atom stereocenters. The van der Waals surface area contributed by atoms with Crippen molar-refractivity contribution in [3.05, 3.63) is 0 Å². The van der Waals surface area contributed by atoms with E-state index in [9.17, 15) is 0 Å². The maximum Gasteiger partial charge on any atom is -0.000157 e. The van der Waals surface area contributed by atoms with Gasteiger partial charge >= 0.3 is 0 Å². The largest absolute Gasteiger partial charge is 0.0654 e. The fourth-order valence-corrected chi connectivity index (χ4v) is 3.46. The van der Waals surface area contributed by atoms with Crippen molar-refractivity contribution in [1.29, 1.82) is 0 Å². The summed E-state index contributed by atoms with van der Waals surface area (Å²) in [5.74, 6) is 0. The Morgan fingerprint density at radius 1 is 0.500 bits per heavy atom. The zero-order chi connectivity index (χ0) is 14.7. The molecule has 0 rings (SSSR count). The molecule has 0 radical (unpaired) electrons. The van der Waals surface area contributed by atoms with Crippen molar-refractivity contribution in [1.82, 2.24) is 0 Å². The van der Waals surface area contributed by atoms with E-state index in [4.69, 9.17) is 11.8 Å². The molecule has 0 aromatic heterocycles. The minimum absolute atomic E-state index is 1.16. The summed E-state index contributed by atoms with van der Waals surface area (Å²) in [5.41, 5.74) is 0. The second-order valence-electron chi connectivity index (χ2n) is 6.16. The summed E-state index contributed by atoms with van der Waals surface area (Å²) in [5, 5.41) is 0. The summed E-state index contributed by atoms with van der Waals surface area (Å²) in [6.45, 7) is 2.29. The second-order valence-corrected chi connectivity index (χ2v) is 7.64. The fourth-order valence-electron chi connectivity index (χ4n) is 2.72. The van der Waals surface area contributed by atoms with Gasteiger partial charge in [-0.3, -0.25) is 0 Å². The molecule has 0 aromatic rings. The van der Waals surface area contributed by atoms with E-state index in [0.29, 0.717) is 0 Å². The van der Waals surface area contributed by atoms with Crippen molar-refractivity contribution < 1.29 is 0 Å². The van der Waals surface area contributed by atoms with Gasteiger partial charge in [0.25, 0.3) is 0 Å². The van der Waals surface area contributed by atoms with Gasteiger partial charge in [0.1, 0.15) is 0 Å². The Kier molecular flexibility index (Phi) is 20.0. The van der Waals surface area contributed by atoms with Crippen LogP contribution in [0, 0.1) is 0 Å². The van der Waals surface area contributed by atoms with Crippen molar-refractivity contribution in [2.45, 2.75) is 110 Å². The normalized spacial score (nSPS) is 11.2. The quantitative estimate of drug-likeness (QED) is 0.196. The molecule has 0 amide bonds. The summed E-state index contributed by atoms with van der Waals surface area (Å²) >= 11 is 4.93. The van der Waals surface area contributed by atoms with Gasteiger partial charge in [0.05, 0.1) is 0 Å². The summed E-state index contributed by atoms with van der Waals surface area (Å²) < 4.78 is 0. The Labute approximate surface area is 135 Å². The maximum atomic E-state index is 4.93. The summed E-state index contributed by atoms with van der Waals surface area (Å²) in [4.78, 5) is 0. The molecule has 0 nitrogen and oxygen atoms in total. The van der Waals surface area contributed by atoms with Crippen LogP contribution < -0.4 is 0 Å². The predicted molar refractivity (Wildman–Crippen MR) is 98.7 cm³/mol. The van der Waals surface area contributed by atoms with Gasteiger partial charge in [-0.1, -0.05) is 115 Å². The maximum absolute atomic E-state index is 4.93. The van der Waals surface area contributed by atoms with Crippen LogP contribution >= 0.6 is 7.36 Å². The summed E-state index contributed by atoms with van der Waals surface area (Å²) in [6.07, 6.45) is 24.4. The number of hydrogen-bond acceptors (Lipinski definition) is 1. The molecule has 0 heterocycles. The Balaban J connectivity index is 2.90. The lowest BCUT2D eigenvalue weighted by molar-refractivity contribution is 0.531. The molecule has 0 spiro atoms. The molecule has 0 saturated heterocycles. The van der Waals surface area contributed by atoms with Crippen molar-refractivity contribution in [2.24, 2.45) is 0 Å². The standard InChI is InChI=1S/C18H37PS/c1-2-3-4-5-6-7-8-9-10-11-12-13-14-15-16-17-18-19-20/h2-18H2,1H3. The third kappa shape index (κ3) is 18.5. The lowest BCUT2D eigenvalue weighted by atomic mass is 10.0. The smallest absolute Gasteiger partial charge is 0.000157 e. The van der Waals surface area contributed by atoms with Crippen LogP contribution in [0.5, 0.6) is 0 Å². The highest BCUT2D eigenvalue weighted by molar-refractivity contribution is 7.96. The molecule has 0 bridgehead atoms. The minimum Gasteiger partial charge on any atom is -0.0654 e. The van der Waals surface area contributed by atoms with E-state index in [1.807, 2.05) is 0 Å². The van der Waals surface area contributed by atoms with E-state index < -0.39 is 0 Å². The molecule has 2 heteroatoms. The average Bonchev–Trinajstić information content (AvgIpc) is 2.47. The van der Waals surface area contributed by atoms with Gasteiger partial charge in [-0.25, -0.2) is 0 Å². The molecule has 0 aliphatic carbocycles. The van der Waals surface area contributed by atoms with Gasteiger partial charge < -0.3 is 0 Å². The van der Waals surface area contributed by atoms with Crippen LogP contribution in [-0.4, -0.2) is 6.16 Å². The predicted octanol–water partition coefficient (Wildman–Crippen LogP) is 7.66. The highest BCUT2D eigenvalue weighted by Gasteiger charge is 1.94. The highest BCUT2D eigenvalue weighted by atomic mass is 32.4. The molecular weight excluding hydrogens is 279 g/mol. The van der Waals surface area contributed by atoms with Crippen molar-refractivity contribution in [3.63, 3.8) is 0 Å². The molecule has 20 heavy (non-hydrogen) atoms. The van der Waals surface area contributed by atoms with E-state index in [1.54, 1.807) is 0 Å². The van der Waals surface area contributed by atoms with Gasteiger partial charge in [0, 0.05) is 0 Å². The number of rotatable bonds is 17. The van der Waals surface area contributed by atoms with Crippen LogP contribution in [-0.2, 0) is 11.8 Å². The summed E-state index contributed by atoms with van der Waals surface area (Å²) in [7, 11) is 1.16. The van der Waals surface area contributed by atoms with Gasteiger partial charge in [-0.05, 0) is 19.9 Å². The summed E-state index contributed by atoms with van der Waals surface area (Å²) in [6, 6.07) is 0. The van der Waals surface area contributed by atoms with Crippen LogP contribution in [0.2, 0.25) is 0 Å². The fraction of sp³-hybridized carbons (Fsp3) is 1.00. The van der Waals surface area contributed by atoms with Crippen LogP contribution in [0.4, 0.5) is 0 Å². The molecule has 0 fully saturated rings. The first-order valence-corrected chi connectivity index (χ1v) is 11.3. The molecule has 0 aromatic carbocycles. The van der Waals surface area contributed by atoms with E-state index in [1.165, 1.54) is 109 Å². The van der Waals surface area contributed by atoms with Crippen LogP contribution in [0.1, 0.15) is 110 Å². The molecule has 120 valence electrons. The van der Waals surface area contributed by atoms with E-state index >= 15 is 0 Å². The van der Waals surface area contributed by atoms with Gasteiger partial charge in [0.2, 0.25) is 0 Å². The third-order valence-corrected chi connectivity index (χ3v) is 5.15. The molecule has 0 atom stereocenters. The Hall–Kier alpha value is 0.520. The second kappa shape index (κ2) is 19.5.